The van der Waals surface area contributed by atoms with Crippen molar-refractivity contribution in [1.82, 2.24) is 19.9 Å². The van der Waals surface area contributed by atoms with Crippen molar-refractivity contribution in [2.45, 2.75) is 49.4 Å². The Balaban J connectivity index is 1.87. The third-order valence-electron chi connectivity index (χ3n) is 4.98. The number of nitrogens with zero attached hydrogens (tertiary/aromatic N) is 3. The minimum Gasteiger partial charge on any atom is -0.340 e. The molecule has 2 atom stereocenters. The molecule has 1 fully saturated rings. The van der Waals surface area contributed by atoms with Crippen molar-refractivity contribution in [2.24, 2.45) is 0 Å². The topological polar surface area (TPSA) is 61.9 Å². The number of piperidine rings is 1. The monoisotopic (exact) mass is 390 g/mol. The van der Waals surface area contributed by atoms with Crippen LogP contribution >= 0.6 is 23.5 Å². The van der Waals surface area contributed by atoms with Gasteiger partial charge in [0.15, 0.2) is 0 Å². The highest BCUT2D eigenvalue weighted by Crippen LogP contribution is 2.32. The van der Waals surface area contributed by atoms with Gasteiger partial charge < -0.3 is 9.88 Å². The van der Waals surface area contributed by atoms with Crippen LogP contribution in [-0.2, 0) is 4.79 Å². The van der Waals surface area contributed by atoms with Crippen molar-refractivity contribution in [3.05, 3.63) is 29.8 Å². The molecule has 140 valence electrons. The molecule has 3 rings (SSSR count). The van der Waals surface area contributed by atoms with Crippen molar-refractivity contribution < 1.29 is 4.79 Å². The van der Waals surface area contributed by atoms with Crippen LogP contribution in [0.25, 0.3) is 11.3 Å². The second-order valence-corrected chi connectivity index (χ2v) is 8.65. The number of imidazole rings is 1. The largest absolute Gasteiger partial charge is 0.340 e. The summed E-state index contributed by atoms with van der Waals surface area (Å²) in [6.07, 6.45) is 10.9. The van der Waals surface area contributed by atoms with Gasteiger partial charge in [-0.25, -0.2) is 9.97 Å². The summed E-state index contributed by atoms with van der Waals surface area (Å²) in [5.41, 5.74) is 3.20. The zero-order chi connectivity index (χ0) is 18.7. The number of aryl methyl sites for hydroxylation is 1. The molecule has 1 saturated heterocycles. The maximum atomic E-state index is 12.8. The molecule has 0 bridgehead atoms. The summed E-state index contributed by atoms with van der Waals surface area (Å²) in [4.78, 5) is 27.3. The third kappa shape index (κ3) is 3.93. The van der Waals surface area contributed by atoms with Gasteiger partial charge in [0.05, 0.1) is 28.2 Å². The van der Waals surface area contributed by atoms with E-state index in [4.69, 9.17) is 0 Å². The van der Waals surface area contributed by atoms with E-state index >= 15 is 0 Å². The molecule has 2 unspecified atom stereocenters. The highest BCUT2D eigenvalue weighted by molar-refractivity contribution is 7.99. The minimum atomic E-state index is -0.0180. The molecule has 3 heterocycles. The summed E-state index contributed by atoms with van der Waals surface area (Å²) in [5.74, 6) is 1.09. The van der Waals surface area contributed by atoms with Gasteiger partial charge in [-0.15, -0.1) is 11.8 Å². The summed E-state index contributed by atoms with van der Waals surface area (Å²) in [6, 6.07) is 2.13. The first-order valence-corrected chi connectivity index (χ1v) is 11.5. The maximum Gasteiger partial charge on any atom is 0.236 e. The molecule has 0 aromatic carbocycles. The fourth-order valence-corrected chi connectivity index (χ4v) is 4.17. The smallest absolute Gasteiger partial charge is 0.236 e. The number of hydrogen-bond donors (Lipinski definition) is 1. The van der Waals surface area contributed by atoms with Crippen molar-refractivity contribution in [3.63, 3.8) is 0 Å². The highest BCUT2D eigenvalue weighted by Gasteiger charge is 2.32. The van der Waals surface area contributed by atoms with E-state index in [0.717, 1.165) is 47.9 Å². The van der Waals surface area contributed by atoms with Crippen molar-refractivity contribution in [3.8, 4) is 11.3 Å². The fraction of sp³-hybridized carbons (Fsp3) is 0.526. The normalized spacial score (nSPS) is 18.8. The molecule has 0 aliphatic carbocycles. The molecule has 2 aromatic rings. The predicted octanol–water partition coefficient (Wildman–Crippen LogP) is 4.31. The summed E-state index contributed by atoms with van der Waals surface area (Å²) < 4.78 is 0. The number of aromatic nitrogens is 3. The molecule has 26 heavy (non-hydrogen) atoms. The van der Waals surface area contributed by atoms with Crippen LogP contribution in [-0.4, -0.2) is 50.1 Å². The average molecular weight is 391 g/mol. The summed E-state index contributed by atoms with van der Waals surface area (Å²) in [6.45, 7) is 4.88. The molecule has 0 radical (unpaired) electrons. The van der Waals surface area contributed by atoms with Gasteiger partial charge in [-0.1, -0.05) is 0 Å². The lowest BCUT2D eigenvalue weighted by atomic mass is 10.0. The number of carbonyl (C=O) groups is 1. The molecule has 7 heteroatoms. The minimum absolute atomic E-state index is 0.0180. The molecule has 0 spiro atoms. The molecular formula is C19H26N4OS2. The Morgan fingerprint density at radius 2 is 2.12 bits per heavy atom. The van der Waals surface area contributed by atoms with Gasteiger partial charge in [0.2, 0.25) is 5.91 Å². The maximum absolute atomic E-state index is 12.8. The van der Waals surface area contributed by atoms with Crippen LogP contribution in [0.4, 0.5) is 0 Å². The van der Waals surface area contributed by atoms with Crippen LogP contribution in [0, 0.1) is 6.92 Å². The van der Waals surface area contributed by atoms with Gasteiger partial charge >= 0.3 is 0 Å². The Kier molecular flexibility index (Phi) is 6.29. The Bertz CT molecular complexity index is 777. The van der Waals surface area contributed by atoms with Gasteiger partial charge in [0.25, 0.3) is 0 Å². The predicted molar refractivity (Wildman–Crippen MR) is 110 cm³/mol. The number of nitrogens with one attached hydrogen (secondary N) is 1. The highest BCUT2D eigenvalue weighted by atomic mass is 32.2. The first-order valence-electron chi connectivity index (χ1n) is 8.94. The molecule has 1 amide bonds. The van der Waals surface area contributed by atoms with Crippen LogP contribution < -0.4 is 0 Å². The van der Waals surface area contributed by atoms with E-state index in [1.165, 1.54) is 5.56 Å². The SMILES string of the molecule is CSc1cc(C)c(-c2cnc(C3CCCCN3C(=O)C(C)SC)[nH]2)cn1. The van der Waals surface area contributed by atoms with E-state index < -0.39 is 0 Å². The fourth-order valence-electron chi connectivity index (χ4n) is 3.38. The zero-order valence-corrected chi connectivity index (χ0v) is 17.4. The van der Waals surface area contributed by atoms with Gasteiger partial charge in [-0.2, -0.15) is 11.8 Å². The summed E-state index contributed by atoms with van der Waals surface area (Å²) in [5, 5.41) is 0.997. The zero-order valence-electron chi connectivity index (χ0n) is 15.8. The second-order valence-electron chi connectivity index (χ2n) is 6.64. The van der Waals surface area contributed by atoms with E-state index in [9.17, 15) is 4.79 Å². The summed E-state index contributed by atoms with van der Waals surface area (Å²) >= 11 is 3.24. The van der Waals surface area contributed by atoms with Crippen molar-refractivity contribution in [1.29, 1.82) is 0 Å². The molecule has 1 aliphatic heterocycles. The van der Waals surface area contributed by atoms with E-state index in [1.807, 2.05) is 36.7 Å². The third-order valence-corrected chi connectivity index (χ3v) is 6.53. The van der Waals surface area contributed by atoms with Crippen LogP contribution in [0.2, 0.25) is 0 Å². The lowest BCUT2D eigenvalue weighted by Gasteiger charge is -2.36. The Morgan fingerprint density at radius 3 is 2.81 bits per heavy atom. The Labute approximate surface area is 163 Å². The lowest BCUT2D eigenvalue weighted by molar-refractivity contribution is -0.134. The molecular weight excluding hydrogens is 364 g/mol. The van der Waals surface area contributed by atoms with Crippen molar-refractivity contribution >= 4 is 29.4 Å². The lowest BCUT2D eigenvalue weighted by Crippen LogP contribution is -2.42. The number of H-pyrrole nitrogens is 1. The molecule has 0 saturated carbocycles. The first kappa shape index (κ1) is 19.3. The average Bonchev–Trinajstić information content (AvgIpc) is 3.16. The van der Waals surface area contributed by atoms with E-state index in [1.54, 1.807) is 23.5 Å². The number of amides is 1. The first-order chi connectivity index (χ1) is 12.5. The van der Waals surface area contributed by atoms with Gasteiger partial charge in [0.1, 0.15) is 5.82 Å². The molecule has 1 aliphatic rings. The van der Waals surface area contributed by atoms with E-state index in [-0.39, 0.29) is 17.2 Å². The number of pyridine rings is 1. The number of aromatic amines is 1. The van der Waals surface area contributed by atoms with E-state index in [0.29, 0.717) is 0 Å². The quantitative estimate of drug-likeness (QED) is 0.771. The van der Waals surface area contributed by atoms with Gasteiger partial charge in [-0.05, 0) is 57.3 Å². The number of thioether (sulfide) groups is 2. The Morgan fingerprint density at radius 1 is 1.31 bits per heavy atom. The van der Waals surface area contributed by atoms with Gasteiger partial charge in [-0.3, -0.25) is 4.79 Å². The number of likely N-dealkylation sites (tertiary alicyclic amines) is 1. The second kappa shape index (κ2) is 8.48. The van der Waals surface area contributed by atoms with Crippen molar-refractivity contribution in [2.75, 3.05) is 19.1 Å². The number of hydrogen-bond acceptors (Lipinski definition) is 5. The van der Waals surface area contributed by atoms with E-state index in [2.05, 4.69) is 27.9 Å². The van der Waals surface area contributed by atoms with Crippen LogP contribution in [0.3, 0.4) is 0 Å². The molecule has 5 nitrogen and oxygen atoms in total. The van der Waals surface area contributed by atoms with Crippen LogP contribution in [0.5, 0.6) is 0 Å². The molecule has 1 N–H and O–H groups in total. The molecule has 2 aromatic heterocycles. The number of rotatable bonds is 5. The van der Waals surface area contributed by atoms with Crippen LogP contribution in [0.15, 0.2) is 23.5 Å². The Hall–Kier alpha value is -1.47. The van der Waals surface area contributed by atoms with Gasteiger partial charge in [0, 0.05) is 18.3 Å². The standard InChI is InChI=1S/C19H26N4OS2/c1-12-9-17(26-4)20-10-14(12)15-11-21-18(22-15)16-7-5-6-8-23(16)19(24)13(2)25-3/h9-11,13,16H,5-8H2,1-4H3,(H,21,22). The summed E-state index contributed by atoms with van der Waals surface area (Å²) in [7, 11) is 0. The number of carbonyl (C=O) groups excluding carboxylic acids is 1. The van der Waals surface area contributed by atoms with Crippen LogP contribution in [0.1, 0.15) is 43.6 Å².